The van der Waals surface area contributed by atoms with Gasteiger partial charge in [0.25, 0.3) is 0 Å². The quantitative estimate of drug-likeness (QED) is 0.737. The summed E-state index contributed by atoms with van der Waals surface area (Å²) >= 11 is 0. The topological polar surface area (TPSA) is 40.6 Å². The van der Waals surface area contributed by atoms with Gasteiger partial charge in [-0.3, -0.25) is 0 Å². The summed E-state index contributed by atoms with van der Waals surface area (Å²) in [6.45, 7) is 4.69. The lowest BCUT2D eigenvalue weighted by Crippen LogP contribution is -2.49. The molecular weight excluding hydrogens is 377 g/mol. The van der Waals surface area contributed by atoms with Crippen LogP contribution in [0.25, 0.3) is 0 Å². The van der Waals surface area contributed by atoms with E-state index in [2.05, 4.69) is 0 Å². The van der Waals surface area contributed by atoms with Crippen molar-refractivity contribution in [2.45, 2.75) is 24.7 Å². The fourth-order valence-electron chi connectivity index (χ4n) is 3.10. The third-order valence-electron chi connectivity index (χ3n) is 4.78. The molecule has 0 aliphatic carbocycles. The first kappa shape index (κ1) is 19.7. The summed E-state index contributed by atoms with van der Waals surface area (Å²) in [5.74, 6) is -3.72. The van der Waals surface area contributed by atoms with Crippen LogP contribution in [0.5, 0.6) is 0 Å². The lowest BCUT2D eigenvalue weighted by molar-refractivity contribution is 0.380. The fraction of sp³-hybridized carbons (Fsp3) is 0.368. The van der Waals surface area contributed by atoms with Crippen LogP contribution in [0.4, 0.5) is 18.9 Å². The lowest BCUT2D eigenvalue weighted by Gasteiger charge is -2.35. The number of benzene rings is 2. The van der Waals surface area contributed by atoms with Gasteiger partial charge < -0.3 is 4.90 Å². The van der Waals surface area contributed by atoms with E-state index in [1.54, 1.807) is 24.3 Å². The predicted molar refractivity (Wildman–Crippen MR) is 97.8 cm³/mol. The number of anilines is 1. The van der Waals surface area contributed by atoms with Crippen LogP contribution in [0, 0.1) is 17.5 Å². The van der Waals surface area contributed by atoms with Gasteiger partial charge in [0, 0.05) is 26.2 Å². The van der Waals surface area contributed by atoms with Crippen LogP contribution in [-0.4, -0.2) is 38.9 Å². The first-order valence-corrected chi connectivity index (χ1v) is 10.1. The van der Waals surface area contributed by atoms with Gasteiger partial charge in [0.1, 0.15) is 0 Å². The molecule has 0 N–H and O–H groups in total. The molecule has 0 atom stereocenters. The zero-order chi connectivity index (χ0) is 19.8. The minimum Gasteiger partial charge on any atom is -0.366 e. The number of halogens is 3. The molecule has 8 heteroatoms. The average molecular weight is 398 g/mol. The molecule has 2 aromatic rings. The van der Waals surface area contributed by atoms with E-state index in [-0.39, 0.29) is 36.8 Å². The van der Waals surface area contributed by atoms with Crippen molar-refractivity contribution in [2.75, 3.05) is 31.1 Å². The van der Waals surface area contributed by atoms with Crippen LogP contribution in [0.2, 0.25) is 0 Å². The van der Waals surface area contributed by atoms with Gasteiger partial charge in [0.2, 0.25) is 10.0 Å². The van der Waals surface area contributed by atoms with Gasteiger partial charge in [-0.05, 0) is 35.7 Å². The third-order valence-corrected chi connectivity index (χ3v) is 6.69. The number of hydrogen-bond donors (Lipinski definition) is 0. The molecule has 1 aliphatic heterocycles. The number of sulfonamides is 1. The predicted octanol–water partition coefficient (Wildman–Crippen LogP) is 3.74. The summed E-state index contributed by atoms with van der Waals surface area (Å²) < 4.78 is 67.4. The molecule has 0 saturated carbocycles. The Kier molecular flexibility index (Phi) is 5.48. The molecule has 4 nitrogen and oxygen atoms in total. The van der Waals surface area contributed by atoms with Gasteiger partial charge in [0.05, 0.1) is 10.6 Å². The van der Waals surface area contributed by atoms with Crippen molar-refractivity contribution in [1.29, 1.82) is 0 Å². The van der Waals surface area contributed by atoms with Crippen LogP contribution >= 0.6 is 0 Å². The Morgan fingerprint density at radius 2 is 1.44 bits per heavy atom. The summed E-state index contributed by atoms with van der Waals surface area (Å²) in [4.78, 5) is 1.73. The average Bonchev–Trinajstić information content (AvgIpc) is 2.66. The van der Waals surface area contributed by atoms with Crippen molar-refractivity contribution in [3.63, 3.8) is 0 Å². The maximum atomic E-state index is 14.0. The SMILES string of the molecule is CC(C)c1ccc(S(=O)(=O)N2CCN(c3ccc(F)c(F)c3F)CC2)cc1. The summed E-state index contributed by atoms with van der Waals surface area (Å²) in [5, 5.41) is 0. The molecule has 1 heterocycles. The van der Waals surface area contributed by atoms with Crippen molar-refractivity contribution in [2.24, 2.45) is 0 Å². The van der Waals surface area contributed by atoms with Gasteiger partial charge >= 0.3 is 0 Å². The number of hydrogen-bond acceptors (Lipinski definition) is 3. The van der Waals surface area contributed by atoms with Gasteiger partial charge in [-0.15, -0.1) is 0 Å². The van der Waals surface area contributed by atoms with Gasteiger partial charge in [-0.2, -0.15) is 4.31 Å². The molecule has 0 spiro atoms. The highest BCUT2D eigenvalue weighted by Gasteiger charge is 2.30. The largest absolute Gasteiger partial charge is 0.366 e. The molecule has 2 aromatic carbocycles. The highest BCUT2D eigenvalue weighted by molar-refractivity contribution is 7.89. The maximum absolute atomic E-state index is 14.0. The minimum atomic E-state index is -3.66. The number of piperazine rings is 1. The van der Waals surface area contributed by atoms with E-state index in [1.165, 1.54) is 15.3 Å². The Balaban J connectivity index is 1.74. The van der Waals surface area contributed by atoms with Gasteiger partial charge in [-0.25, -0.2) is 21.6 Å². The first-order chi connectivity index (χ1) is 12.7. The monoisotopic (exact) mass is 398 g/mol. The van der Waals surface area contributed by atoms with Crippen LogP contribution in [0.3, 0.4) is 0 Å². The molecule has 0 amide bonds. The maximum Gasteiger partial charge on any atom is 0.243 e. The Bertz CT molecular complexity index is 923. The highest BCUT2D eigenvalue weighted by Crippen LogP contribution is 2.26. The summed E-state index contributed by atoms with van der Waals surface area (Å²) in [7, 11) is -3.66. The highest BCUT2D eigenvalue weighted by atomic mass is 32.2. The molecule has 146 valence electrons. The third kappa shape index (κ3) is 3.82. The van der Waals surface area contributed by atoms with E-state index in [0.717, 1.165) is 11.6 Å². The summed E-state index contributed by atoms with van der Waals surface area (Å²) in [6.07, 6.45) is 0. The fourth-order valence-corrected chi connectivity index (χ4v) is 4.53. The Labute approximate surface area is 157 Å². The molecule has 0 radical (unpaired) electrons. The second-order valence-electron chi connectivity index (χ2n) is 6.81. The first-order valence-electron chi connectivity index (χ1n) is 8.70. The second kappa shape index (κ2) is 7.52. The minimum absolute atomic E-state index is 0.0627. The van der Waals surface area contributed by atoms with Crippen molar-refractivity contribution < 1.29 is 21.6 Å². The van der Waals surface area contributed by atoms with E-state index in [0.29, 0.717) is 5.92 Å². The summed E-state index contributed by atoms with van der Waals surface area (Å²) in [5.41, 5.74) is 0.986. The number of rotatable bonds is 4. The summed E-state index contributed by atoms with van der Waals surface area (Å²) in [6, 6.07) is 8.81. The van der Waals surface area contributed by atoms with Crippen molar-refractivity contribution >= 4 is 15.7 Å². The van der Waals surface area contributed by atoms with E-state index < -0.39 is 27.5 Å². The van der Waals surface area contributed by atoms with Gasteiger partial charge in [-0.1, -0.05) is 26.0 Å². The van der Waals surface area contributed by atoms with Crippen LogP contribution < -0.4 is 4.90 Å². The van der Waals surface area contributed by atoms with Crippen LogP contribution in [-0.2, 0) is 10.0 Å². The van der Waals surface area contributed by atoms with Crippen LogP contribution in [0.1, 0.15) is 25.3 Å². The molecule has 1 fully saturated rings. The molecule has 1 saturated heterocycles. The normalized spacial score (nSPS) is 16.1. The molecule has 1 aliphatic rings. The van der Waals surface area contributed by atoms with Crippen LogP contribution in [0.15, 0.2) is 41.3 Å². The van der Waals surface area contributed by atoms with Crippen molar-refractivity contribution in [3.05, 3.63) is 59.4 Å². The number of nitrogens with zero attached hydrogens (tertiary/aromatic N) is 2. The Hall–Kier alpha value is -2.06. The van der Waals surface area contributed by atoms with E-state index in [1.807, 2.05) is 13.8 Å². The molecule has 0 unspecified atom stereocenters. The second-order valence-corrected chi connectivity index (χ2v) is 8.75. The molecular formula is C19H21F3N2O2S. The molecule has 0 bridgehead atoms. The standard InChI is InChI=1S/C19H21F3N2O2S/c1-13(2)14-3-5-15(6-4-14)27(25,26)24-11-9-23(10-12-24)17-8-7-16(20)18(21)19(17)22/h3-8,13H,9-12H2,1-2H3. The van der Waals surface area contributed by atoms with Crippen molar-refractivity contribution in [3.8, 4) is 0 Å². The van der Waals surface area contributed by atoms with Crippen molar-refractivity contribution in [1.82, 2.24) is 4.31 Å². The Morgan fingerprint density at radius 3 is 2.00 bits per heavy atom. The van der Waals surface area contributed by atoms with E-state index in [4.69, 9.17) is 0 Å². The molecule has 3 rings (SSSR count). The zero-order valence-electron chi connectivity index (χ0n) is 15.1. The van der Waals surface area contributed by atoms with E-state index >= 15 is 0 Å². The molecule has 27 heavy (non-hydrogen) atoms. The van der Waals surface area contributed by atoms with E-state index in [9.17, 15) is 21.6 Å². The van der Waals surface area contributed by atoms with Gasteiger partial charge in [0.15, 0.2) is 17.5 Å². The zero-order valence-corrected chi connectivity index (χ0v) is 15.9. The Morgan fingerprint density at radius 1 is 0.852 bits per heavy atom. The molecule has 0 aromatic heterocycles. The lowest BCUT2D eigenvalue weighted by atomic mass is 10.0. The smallest absolute Gasteiger partial charge is 0.243 e.